The van der Waals surface area contributed by atoms with Crippen molar-refractivity contribution in [3.63, 3.8) is 0 Å². The van der Waals surface area contributed by atoms with Gasteiger partial charge in [0.25, 0.3) is 5.56 Å². The van der Waals surface area contributed by atoms with Gasteiger partial charge < -0.3 is 14.3 Å². The van der Waals surface area contributed by atoms with Crippen LogP contribution in [0.3, 0.4) is 0 Å². The second kappa shape index (κ2) is 8.60. The average molecular weight is 462 g/mol. The van der Waals surface area contributed by atoms with Crippen molar-refractivity contribution in [2.45, 2.75) is 10.9 Å². The molecule has 0 bridgehead atoms. The number of hydrogen-bond donors (Lipinski definition) is 1. The average Bonchev–Trinajstić information content (AvgIpc) is 3.42. The molecule has 2 aromatic carbocycles. The summed E-state index contributed by atoms with van der Waals surface area (Å²) in [6.07, 6.45) is 0. The fraction of sp³-hybridized carbons (Fsp3) is 0.130. The highest BCUT2D eigenvalue weighted by Gasteiger charge is 2.15. The first-order chi connectivity index (χ1) is 15.6. The van der Waals surface area contributed by atoms with Crippen LogP contribution in [-0.2, 0) is 12.8 Å². The maximum absolute atomic E-state index is 12.8. The van der Waals surface area contributed by atoms with Crippen LogP contribution in [0.4, 0.5) is 0 Å². The van der Waals surface area contributed by atoms with Crippen molar-refractivity contribution in [2.24, 2.45) is 7.05 Å². The maximum Gasteiger partial charge on any atom is 0.260 e. The fourth-order valence-electron chi connectivity index (χ4n) is 3.46. The Morgan fingerprint density at radius 3 is 2.59 bits per heavy atom. The van der Waals surface area contributed by atoms with Crippen LogP contribution in [0.5, 0.6) is 5.75 Å². The van der Waals surface area contributed by atoms with E-state index in [4.69, 9.17) is 4.74 Å². The summed E-state index contributed by atoms with van der Waals surface area (Å²) in [5.41, 5.74) is 2.75. The molecule has 0 unspecified atom stereocenters. The van der Waals surface area contributed by atoms with Gasteiger partial charge >= 0.3 is 0 Å². The number of thiophene rings is 1. The monoisotopic (exact) mass is 461 g/mol. The predicted octanol–water partition coefficient (Wildman–Crippen LogP) is 4.75. The molecule has 9 heteroatoms. The van der Waals surface area contributed by atoms with Crippen LogP contribution < -0.4 is 10.3 Å². The minimum absolute atomic E-state index is 0.123. The summed E-state index contributed by atoms with van der Waals surface area (Å²) in [5, 5.41) is 12.0. The molecule has 0 saturated carbocycles. The van der Waals surface area contributed by atoms with E-state index >= 15 is 0 Å². The minimum Gasteiger partial charge on any atom is -0.497 e. The highest BCUT2D eigenvalue weighted by molar-refractivity contribution is 7.98. The third-order valence-electron chi connectivity index (χ3n) is 5.10. The Morgan fingerprint density at radius 2 is 1.84 bits per heavy atom. The van der Waals surface area contributed by atoms with E-state index in [1.165, 1.54) is 23.1 Å². The maximum atomic E-state index is 12.8. The molecule has 0 atom stereocenters. The number of nitrogens with zero attached hydrogens (tertiary/aromatic N) is 4. The zero-order valence-electron chi connectivity index (χ0n) is 17.4. The van der Waals surface area contributed by atoms with Crippen LogP contribution in [0.2, 0.25) is 0 Å². The van der Waals surface area contributed by atoms with Gasteiger partial charge in [-0.3, -0.25) is 4.79 Å². The van der Waals surface area contributed by atoms with Crippen molar-refractivity contribution >= 4 is 33.3 Å². The molecule has 5 rings (SSSR count). The first kappa shape index (κ1) is 20.5. The lowest BCUT2D eigenvalue weighted by Gasteiger charge is -2.05. The Labute approximate surface area is 192 Å². The molecule has 32 heavy (non-hydrogen) atoms. The van der Waals surface area contributed by atoms with Gasteiger partial charge in [0.2, 0.25) is 0 Å². The lowest BCUT2D eigenvalue weighted by Crippen LogP contribution is -2.10. The SMILES string of the molecule is COc1ccc(-c2nnc(SCc3nc4scc(-c5ccccc5)c4c(=O)[nH]3)n2C)cc1. The van der Waals surface area contributed by atoms with Gasteiger partial charge in [0, 0.05) is 23.6 Å². The summed E-state index contributed by atoms with van der Waals surface area (Å²) in [6, 6.07) is 17.6. The van der Waals surface area contributed by atoms with Gasteiger partial charge in [0.05, 0.1) is 18.2 Å². The molecule has 0 amide bonds. The summed E-state index contributed by atoms with van der Waals surface area (Å²) in [6.45, 7) is 0. The largest absolute Gasteiger partial charge is 0.497 e. The van der Waals surface area contributed by atoms with Gasteiger partial charge in [-0.25, -0.2) is 4.98 Å². The van der Waals surface area contributed by atoms with Crippen LogP contribution >= 0.6 is 23.1 Å². The van der Waals surface area contributed by atoms with Crippen molar-refractivity contribution in [3.8, 4) is 28.3 Å². The molecular weight excluding hydrogens is 442 g/mol. The van der Waals surface area contributed by atoms with Crippen molar-refractivity contribution in [3.05, 3.63) is 76.2 Å². The summed E-state index contributed by atoms with van der Waals surface area (Å²) < 4.78 is 7.15. The highest BCUT2D eigenvalue weighted by atomic mass is 32.2. The zero-order chi connectivity index (χ0) is 22.1. The number of fused-ring (bicyclic) bond motifs is 1. The molecule has 7 nitrogen and oxygen atoms in total. The summed E-state index contributed by atoms with van der Waals surface area (Å²) in [5.74, 6) is 2.65. The standard InChI is InChI=1S/C23H19N5O2S2/c1-28-20(15-8-10-16(30-2)11-9-15)26-27-23(28)32-13-18-24-21(29)19-17(12-31-22(19)25-18)14-6-4-3-5-7-14/h3-12H,13H2,1-2H3,(H,24,25,29). The molecule has 0 saturated heterocycles. The quantitative estimate of drug-likeness (QED) is 0.367. The fourth-order valence-corrected chi connectivity index (χ4v) is 5.21. The van der Waals surface area contributed by atoms with E-state index in [9.17, 15) is 4.79 Å². The normalized spacial score (nSPS) is 11.2. The van der Waals surface area contributed by atoms with Crippen LogP contribution in [0.25, 0.3) is 32.7 Å². The minimum atomic E-state index is -0.123. The number of nitrogens with one attached hydrogen (secondary N) is 1. The Kier molecular flexibility index (Phi) is 5.50. The Morgan fingerprint density at radius 1 is 1.06 bits per heavy atom. The molecule has 0 radical (unpaired) electrons. The van der Waals surface area contributed by atoms with Crippen molar-refractivity contribution < 1.29 is 4.74 Å². The number of hydrogen-bond acceptors (Lipinski definition) is 7. The molecule has 5 aromatic rings. The number of rotatable bonds is 6. The number of benzene rings is 2. The second-order valence-corrected chi connectivity index (χ2v) is 8.89. The number of H-pyrrole nitrogens is 1. The van der Waals surface area contributed by atoms with Gasteiger partial charge in [0.1, 0.15) is 16.4 Å². The molecule has 3 aromatic heterocycles. The van der Waals surface area contributed by atoms with E-state index in [0.29, 0.717) is 17.0 Å². The third-order valence-corrected chi connectivity index (χ3v) is 7.00. The number of methoxy groups -OCH3 is 1. The molecule has 0 fully saturated rings. The molecule has 0 aliphatic rings. The molecule has 1 N–H and O–H groups in total. The van der Waals surface area contributed by atoms with E-state index in [0.717, 1.165) is 38.3 Å². The van der Waals surface area contributed by atoms with Crippen molar-refractivity contribution in [2.75, 3.05) is 7.11 Å². The van der Waals surface area contributed by atoms with E-state index < -0.39 is 0 Å². The van der Waals surface area contributed by atoms with E-state index in [1.54, 1.807) is 7.11 Å². The van der Waals surface area contributed by atoms with Crippen molar-refractivity contribution in [1.29, 1.82) is 0 Å². The molecule has 0 spiro atoms. The third kappa shape index (κ3) is 3.80. The zero-order valence-corrected chi connectivity index (χ0v) is 19.0. The highest BCUT2D eigenvalue weighted by Crippen LogP contribution is 2.31. The molecule has 0 aliphatic heterocycles. The van der Waals surface area contributed by atoms with Crippen LogP contribution in [0.1, 0.15) is 5.82 Å². The smallest absolute Gasteiger partial charge is 0.260 e. The van der Waals surface area contributed by atoms with Gasteiger partial charge in [-0.05, 0) is 29.8 Å². The summed E-state index contributed by atoms with van der Waals surface area (Å²) in [4.78, 5) is 21.2. The Hall–Kier alpha value is -3.43. The first-order valence-corrected chi connectivity index (χ1v) is 11.7. The van der Waals surface area contributed by atoms with Gasteiger partial charge in [0.15, 0.2) is 11.0 Å². The van der Waals surface area contributed by atoms with Gasteiger partial charge in [-0.2, -0.15) is 0 Å². The van der Waals surface area contributed by atoms with E-state index in [1.807, 2.05) is 71.6 Å². The molecular formula is C23H19N5O2S2. The van der Waals surface area contributed by atoms with Gasteiger partial charge in [-0.15, -0.1) is 21.5 Å². The molecule has 3 heterocycles. The number of aromatic nitrogens is 5. The van der Waals surface area contributed by atoms with Crippen LogP contribution in [0, 0.1) is 0 Å². The molecule has 160 valence electrons. The van der Waals surface area contributed by atoms with Crippen LogP contribution in [-0.4, -0.2) is 31.8 Å². The lowest BCUT2D eigenvalue weighted by molar-refractivity contribution is 0.415. The lowest BCUT2D eigenvalue weighted by atomic mass is 10.1. The summed E-state index contributed by atoms with van der Waals surface area (Å²) in [7, 11) is 3.56. The predicted molar refractivity (Wildman–Crippen MR) is 128 cm³/mol. The Bertz CT molecular complexity index is 1440. The first-order valence-electron chi connectivity index (χ1n) is 9.86. The topological polar surface area (TPSA) is 85.7 Å². The number of ether oxygens (including phenoxy) is 1. The Balaban J connectivity index is 1.38. The molecule has 0 aliphatic carbocycles. The van der Waals surface area contributed by atoms with Crippen LogP contribution in [0.15, 0.2) is 69.9 Å². The van der Waals surface area contributed by atoms with Crippen molar-refractivity contribution in [1.82, 2.24) is 24.7 Å². The number of aromatic amines is 1. The van der Waals surface area contributed by atoms with E-state index in [-0.39, 0.29) is 5.56 Å². The summed E-state index contributed by atoms with van der Waals surface area (Å²) >= 11 is 2.96. The van der Waals surface area contributed by atoms with Gasteiger partial charge in [-0.1, -0.05) is 42.1 Å². The van der Waals surface area contributed by atoms with E-state index in [2.05, 4.69) is 20.2 Å². The second-order valence-electron chi connectivity index (χ2n) is 7.09. The number of thioether (sulfide) groups is 1.